The molecule has 1 fully saturated rings. The minimum Gasteiger partial charge on any atom is -0.444 e. The van der Waals surface area contributed by atoms with Crippen LogP contribution >= 0.6 is 0 Å². The third kappa shape index (κ3) is 7.69. The maximum Gasteiger partial charge on any atom is 0.410 e. The second-order valence-electron chi connectivity index (χ2n) is 9.46. The molecule has 1 saturated heterocycles. The van der Waals surface area contributed by atoms with Gasteiger partial charge in [-0.1, -0.05) is 12.1 Å². The number of carbonyl (C=O) groups excluding carboxylic acids is 2. The summed E-state index contributed by atoms with van der Waals surface area (Å²) in [5.41, 5.74) is 1.57. The van der Waals surface area contributed by atoms with Crippen LogP contribution in [0, 0.1) is 12.7 Å². The number of halogens is 1. The van der Waals surface area contributed by atoms with E-state index in [0.717, 1.165) is 31.7 Å². The molecule has 0 aliphatic carbocycles. The van der Waals surface area contributed by atoms with E-state index in [-0.39, 0.29) is 11.8 Å². The fourth-order valence-corrected chi connectivity index (χ4v) is 3.67. The van der Waals surface area contributed by atoms with Gasteiger partial charge in [0.15, 0.2) is 0 Å². The lowest BCUT2D eigenvalue weighted by Crippen LogP contribution is -2.50. The maximum absolute atomic E-state index is 14.9. The Morgan fingerprint density at radius 1 is 1.09 bits per heavy atom. The summed E-state index contributed by atoms with van der Waals surface area (Å²) in [5.74, 6) is -0.422. The number of amides is 3. The Bertz CT molecular complexity index is 983. The number of piperazine rings is 1. The van der Waals surface area contributed by atoms with Crippen LogP contribution < -0.4 is 10.6 Å². The van der Waals surface area contributed by atoms with Crippen molar-refractivity contribution in [2.24, 2.45) is 0 Å². The normalized spacial score (nSPS) is 14.6. The van der Waals surface area contributed by atoms with Crippen molar-refractivity contribution in [3.8, 4) is 0 Å². The van der Waals surface area contributed by atoms with Gasteiger partial charge < -0.3 is 20.3 Å². The van der Waals surface area contributed by atoms with Crippen LogP contribution in [0.2, 0.25) is 0 Å². The lowest BCUT2D eigenvalue weighted by Gasteiger charge is -2.35. The zero-order valence-corrected chi connectivity index (χ0v) is 20.4. The smallest absolute Gasteiger partial charge is 0.410 e. The van der Waals surface area contributed by atoms with Crippen molar-refractivity contribution >= 4 is 23.5 Å². The van der Waals surface area contributed by atoms with Gasteiger partial charge in [0.05, 0.1) is 17.6 Å². The molecule has 1 aliphatic heterocycles. The van der Waals surface area contributed by atoms with Crippen molar-refractivity contribution < 1.29 is 18.7 Å². The molecule has 0 bridgehead atoms. The highest BCUT2D eigenvalue weighted by molar-refractivity contribution is 5.99. The summed E-state index contributed by atoms with van der Waals surface area (Å²) in [4.78, 5) is 32.6. The molecule has 2 aromatic rings. The molecule has 0 unspecified atom stereocenters. The van der Waals surface area contributed by atoms with Crippen LogP contribution in [0.5, 0.6) is 0 Å². The molecule has 8 nitrogen and oxygen atoms in total. The minimum absolute atomic E-state index is 0.140. The molecule has 34 heavy (non-hydrogen) atoms. The highest BCUT2D eigenvalue weighted by atomic mass is 19.1. The zero-order valence-electron chi connectivity index (χ0n) is 20.4. The molecule has 0 radical (unpaired) electrons. The lowest BCUT2D eigenvalue weighted by molar-refractivity contribution is 0.0144. The van der Waals surface area contributed by atoms with Gasteiger partial charge in [-0.15, -0.1) is 0 Å². The van der Waals surface area contributed by atoms with Crippen molar-refractivity contribution in [2.45, 2.75) is 46.1 Å². The van der Waals surface area contributed by atoms with E-state index in [2.05, 4.69) is 20.5 Å². The number of aryl methyl sites for hydroxylation is 2. The molecule has 0 atom stereocenters. The van der Waals surface area contributed by atoms with Crippen LogP contribution in [0.4, 0.5) is 25.4 Å². The Hall–Kier alpha value is -3.20. The first-order valence-electron chi connectivity index (χ1n) is 11.6. The SMILES string of the molecule is Cc1ccc(NC(=O)Nc2cccc(CCCN3CCN(C(=O)OC(C)(C)C)CC3)c2F)cn1. The van der Waals surface area contributed by atoms with Gasteiger partial charge in [-0.2, -0.15) is 0 Å². The van der Waals surface area contributed by atoms with Crippen LogP contribution in [0.3, 0.4) is 0 Å². The van der Waals surface area contributed by atoms with Crippen molar-refractivity contribution in [1.29, 1.82) is 0 Å². The van der Waals surface area contributed by atoms with Crippen molar-refractivity contribution in [1.82, 2.24) is 14.8 Å². The van der Waals surface area contributed by atoms with Crippen LogP contribution in [0.1, 0.15) is 38.4 Å². The molecule has 2 N–H and O–H groups in total. The number of hydrogen-bond acceptors (Lipinski definition) is 5. The second-order valence-corrected chi connectivity index (χ2v) is 9.46. The number of nitrogens with one attached hydrogen (secondary N) is 2. The van der Waals surface area contributed by atoms with E-state index in [1.807, 2.05) is 27.7 Å². The standard InChI is InChI=1S/C25H34FN5O3/c1-18-10-11-20(17-27-18)28-23(32)29-21-9-5-7-19(22(21)26)8-6-12-30-13-15-31(16-14-30)24(33)34-25(2,3)4/h5,7,9-11,17H,6,8,12-16H2,1-4H3,(H2,28,29,32). The van der Waals surface area contributed by atoms with Crippen LogP contribution in [-0.4, -0.2) is 65.2 Å². The van der Waals surface area contributed by atoms with Crippen LogP contribution in [0.15, 0.2) is 36.5 Å². The van der Waals surface area contributed by atoms with Crippen LogP contribution in [0.25, 0.3) is 0 Å². The quantitative estimate of drug-likeness (QED) is 0.640. The summed E-state index contributed by atoms with van der Waals surface area (Å²) in [5, 5.41) is 5.22. The molecular formula is C25H34FN5O3. The van der Waals surface area contributed by atoms with E-state index in [1.54, 1.807) is 41.4 Å². The second kappa shape index (κ2) is 11.3. The molecule has 1 aliphatic rings. The maximum atomic E-state index is 14.9. The molecule has 9 heteroatoms. The van der Waals surface area contributed by atoms with Gasteiger partial charge in [0, 0.05) is 31.9 Å². The molecule has 0 spiro atoms. The van der Waals surface area contributed by atoms with E-state index >= 15 is 0 Å². The van der Waals surface area contributed by atoms with Crippen molar-refractivity contribution in [2.75, 3.05) is 43.4 Å². The highest BCUT2D eigenvalue weighted by Gasteiger charge is 2.25. The number of carbonyl (C=O) groups is 2. The Morgan fingerprint density at radius 3 is 2.47 bits per heavy atom. The highest BCUT2D eigenvalue weighted by Crippen LogP contribution is 2.20. The number of rotatable bonds is 6. The van der Waals surface area contributed by atoms with E-state index < -0.39 is 17.4 Å². The third-order valence-electron chi connectivity index (χ3n) is 5.44. The Kier molecular flexibility index (Phi) is 8.44. The first kappa shape index (κ1) is 25.4. The average molecular weight is 472 g/mol. The monoisotopic (exact) mass is 471 g/mol. The summed E-state index contributed by atoms with van der Waals surface area (Å²) >= 11 is 0. The lowest BCUT2D eigenvalue weighted by atomic mass is 10.1. The predicted molar refractivity (Wildman–Crippen MR) is 131 cm³/mol. The topological polar surface area (TPSA) is 86.8 Å². The Morgan fingerprint density at radius 2 is 1.82 bits per heavy atom. The van der Waals surface area contributed by atoms with Crippen LogP contribution in [-0.2, 0) is 11.2 Å². The third-order valence-corrected chi connectivity index (χ3v) is 5.44. The molecule has 1 aromatic heterocycles. The molecule has 3 amide bonds. The van der Waals surface area contributed by atoms with E-state index in [4.69, 9.17) is 4.74 Å². The Labute approximate surface area is 200 Å². The van der Waals surface area contributed by atoms with Gasteiger partial charge in [0.25, 0.3) is 0 Å². The van der Waals surface area contributed by atoms with Gasteiger partial charge in [0.2, 0.25) is 0 Å². The fraction of sp³-hybridized carbons (Fsp3) is 0.480. The number of aromatic nitrogens is 1. The van der Waals surface area contributed by atoms with Crippen molar-refractivity contribution in [3.05, 3.63) is 53.6 Å². The number of hydrogen-bond donors (Lipinski definition) is 2. The zero-order chi connectivity index (χ0) is 24.7. The molecule has 184 valence electrons. The van der Waals surface area contributed by atoms with Crippen molar-refractivity contribution in [3.63, 3.8) is 0 Å². The molecule has 0 saturated carbocycles. The number of pyridine rings is 1. The van der Waals surface area contributed by atoms with Gasteiger partial charge >= 0.3 is 12.1 Å². The van der Waals surface area contributed by atoms with Gasteiger partial charge in [0.1, 0.15) is 11.4 Å². The molecule has 3 rings (SSSR count). The van der Waals surface area contributed by atoms with Gasteiger partial charge in [-0.25, -0.2) is 14.0 Å². The van der Waals surface area contributed by atoms with Gasteiger partial charge in [-0.3, -0.25) is 9.88 Å². The van der Waals surface area contributed by atoms with E-state index in [9.17, 15) is 14.0 Å². The summed E-state index contributed by atoms with van der Waals surface area (Å²) in [7, 11) is 0. The number of nitrogens with zero attached hydrogens (tertiary/aromatic N) is 3. The Balaban J connectivity index is 1.44. The number of urea groups is 1. The first-order valence-corrected chi connectivity index (χ1v) is 11.6. The summed E-state index contributed by atoms with van der Waals surface area (Å²) in [6, 6.07) is 8.02. The largest absolute Gasteiger partial charge is 0.444 e. The van der Waals surface area contributed by atoms with E-state index in [1.165, 1.54) is 0 Å². The average Bonchev–Trinajstić information content (AvgIpc) is 2.77. The molecule has 2 heterocycles. The summed E-state index contributed by atoms with van der Waals surface area (Å²) < 4.78 is 20.4. The minimum atomic E-state index is -0.524. The van der Waals surface area contributed by atoms with E-state index in [0.29, 0.717) is 30.8 Å². The fourth-order valence-electron chi connectivity index (χ4n) is 3.67. The summed E-state index contributed by atoms with van der Waals surface area (Å²) in [6.07, 6.45) is 2.60. The number of ether oxygens (including phenoxy) is 1. The van der Waals surface area contributed by atoms with Gasteiger partial charge in [-0.05, 0) is 70.8 Å². The predicted octanol–water partition coefficient (Wildman–Crippen LogP) is 4.66. The first-order chi connectivity index (χ1) is 16.1. The molecule has 1 aromatic carbocycles. The number of benzene rings is 1. The number of anilines is 2. The molecular weight excluding hydrogens is 437 g/mol. The summed E-state index contributed by atoms with van der Waals surface area (Å²) in [6.45, 7) is 11.0.